The molecule has 0 unspecified atom stereocenters. The van der Waals surface area contributed by atoms with Gasteiger partial charge in [-0.3, -0.25) is 0 Å². The van der Waals surface area contributed by atoms with E-state index in [1.165, 1.54) is 19.3 Å². The fraction of sp³-hybridized carbons (Fsp3) is 1.00. The van der Waals surface area contributed by atoms with E-state index in [1.54, 1.807) is 19.3 Å². The van der Waals surface area contributed by atoms with Crippen molar-refractivity contribution in [1.82, 2.24) is 0 Å². The van der Waals surface area contributed by atoms with Gasteiger partial charge in [-0.1, -0.05) is 20.8 Å². The van der Waals surface area contributed by atoms with E-state index in [0.717, 1.165) is 41.4 Å². The van der Waals surface area contributed by atoms with Crippen LogP contribution in [0.4, 0.5) is 0 Å². The molecule has 0 aromatic heterocycles. The predicted molar refractivity (Wildman–Crippen MR) is 93.1 cm³/mol. The molecule has 0 spiro atoms. The highest BCUT2D eigenvalue weighted by molar-refractivity contribution is 6.74. The monoisotopic (exact) mass is 318 g/mol. The minimum Gasteiger partial charge on any atom is -0.411 e. The zero-order chi connectivity index (χ0) is 15.5. The first kappa shape index (κ1) is 14.5. The van der Waals surface area contributed by atoms with Crippen molar-refractivity contribution >= 4 is 8.32 Å². The van der Waals surface area contributed by atoms with Crippen molar-refractivity contribution in [2.45, 2.75) is 83.0 Å². The Morgan fingerprint density at radius 1 is 0.773 bits per heavy atom. The van der Waals surface area contributed by atoms with Crippen molar-refractivity contribution in [2.24, 2.45) is 41.4 Å². The van der Waals surface area contributed by atoms with E-state index in [2.05, 4.69) is 33.9 Å². The van der Waals surface area contributed by atoms with E-state index in [0.29, 0.717) is 10.6 Å². The van der Waals surface area contributed by atoms with Crippen LogP contribution in [0.25, 0.3) is 0 Å². The summed E-state index contributed by atoms with van der Waals surface area (Å²) in [5.41, 5.74) is 0.302. The molecule has 0 N–H and O–H groups in total. The van der Waals surface area contributed by atoms with Crippen LogP contribution in [0.3, 0.4) is 0 Å². The summed E-state index contributed by atoms with van der Waals surface area (Å²) in [6, 6.07) is 0. The van der Waals surface area contributed by atoms with Crippen LogP contribution >= 0.6 is 0 Å². The van der Waals surface area contributed by atoms with Crippen molar-refractivity contribution in [2.75, 3.05) is 0 Å². The van der Waals surface area contributed by atoms with Crippen LogP contribution in [0.15, 0.2) is 0 Å². The summed E-state index contributed by atoms with van der Waals surface area (Å²) in [6.07, 6.45) is 9.06. The smallest absolute Gasteiger partial charge is 0.192 e. The SMILES string of the molecule is CC(C)(C)[Si](C)(C)OC12CC3C4CC5CC3C(C1)C(C5)C4C2. The van der Waals surface area contributed by atoms with E-state index >= 15 is 0 Å². The summed E-state index contributed by atoms with van der Waals surface area (Å²) < 4.78 is 7.17. The minimum atomic E-state index is -1.64. The lowest BCUT2D eigenvalue weighted by Crippen LogP contribution is -2.69. The maximum absolute atomic E-state index is 7.17. The van der Waals surface area contributed by atoms with Gasteiger partial charge in [-0.15, -0.1) is 0 Å². The fourth-order valence-electron chi connectivity index (χ4n) is 7.66. The molecule has 8 bridgehead atoms. The lowest BCUT2D eigenvalue weighted by Gasteiger charge is -2.73. The first-order valence-corrected chi connectivity index (χ1v) is 12.8. The molecule has 0 aromatic rings. The van der Waals surface area contributed by atoms with Crippen LogP contribution < -0.4 is 0 Å². The highest BCUT2D eigenvalue weighted by atomic mass is 28.4. The molecule has 0 atom stereocenters. The molecule has 22 heavy (non-hydrogen) atoms. The van der Waals surface area contributed by atoms with Gasteiger partial charge in [0.25, 0.3) is 0 Å². The molecule has 7 saturated carbocycles. The first-order valence-electron chi connectivity index (χ1n) is 9.89. The zero-order valence-electron chi connectivity index (χ0n) is 15.2. The molecular weight excluding hydrogens is 284 g/mol. The molecule has 0 aromatic carbocycles. The van der Waals surface area contributed by atoms with Crippen LogP contribution in [0.5, 0.6) is 0 Å². The third kappa shape index (κ3) is 1.69. The Labute approximate surface area is 137 Å². The zero-order valence-corrected chi connectivity index (χ0v) is 16.2. The minimum absolute atomic E-state index is 0.302. The van der Waals surface area contributed by atoms with Gasteiger partial charge < -0.3 is 4.43 Å². The molecule has 1 nitrogen and oxygen atoms in total. The Morgan fingerprint density at radius 2 is 1.18 bits per heavy atom. The summed E-state index contributed by atoms with van der Waals surface area (Å²) >= 11 is 0. The Bertz CT molecular complexity index is 442. The molecule has 7 fully saturated rings. The van der Waals surface area contributed by atoms with Gasteiger partial charge in [-0.05, 0) is 98.1 Å². The van der Waals surface area contributed by atoms with Gasteiger partial charge in [0.05, 0.1) is 5.60 Å². The Kier molecular flexibility index (Phi) is 2.67. The average Bonchev–Trinajstić information content (AvgIpc) is 2.41. The molecule has 124 valence electrons. The second kappa shape index (κ2) is 4.04. The Morgan fingerprint density at radius 3 is 1.55 bits per heavy atom. The van der Waals surface area contributed by atoms with Crippen molar-refractivity contribution in [1.29, 1.82) is 0 Å². The van der Waals surface area contributed by atoms with Crippen molar-refractivity contribution in [3.05, 3.63) is 0 Å². The van der Waals surface area contributed by atoms with Crippen LogP contribution in [-0.2, 0) is 4.43 Å². The summed E-state index contributed by atoms with van der Waals surface area (Å²) in [7, 11) is -1.64. The Balaban J connectivity index is 1.47. The third-order valence-corrected chi connectivity index (χ3v) is 13.8. The van der Waals surface area contributed by atoms with Crippen molar-refractivity contribution in [3.8, 4) is 0 Å². The first-order chi connectivity index (χ1) is 10.2. The Hall–Kier alpha value is 0.177. The maximum atomic E-state index is 7.17. The van der Waals surface area contributed by atoms with Crippen LogP contribution in [0.2, 0.25) is 18.1 Å². The van der Waals surface area contributed by atoms with Gasteiger partial charge in [0.15, 0.2) is 8.32 Å². The normalized spacial score (nSPS) is 55.2. The van der Waals surface area contributed by atoms with E-state index < -0.39 is 8.32 Å². The van der Waals surface area contributed by atoms with Gasteiger partial charge in [0.1, 0.15) is 0 Å². The van der Waals surface area contributed by atoms with Gasteiger partial charge >= 0.3 is 0 Å². The van der Waals surface area contributed by atoms with Crippen LogP contribution in [0, 0.1) is 41.4 Å². The highest BCUT2D eigenvalue weighted by Crippen LogP contribution is 2.73. The highest BCUT2D eigenvalue weighted by Gasteiger charge is 2.68. The van der Waals surface area contributed by atoms with E-state index in [9.17, 15) is 0 Å². The summed E-state index contributed by atoms with van der Waals surface area (Å²) in [5, 5.41) is 0.355. The van der Waals surface area contributed by atoms with Gasteiger partial charge in [0.2, 0.25) is 0 Å². The second-order valence-electron chi connectivity index (χ2n) is 11.2. The van der Waals surface area contributed by atoms with Crippen LogP contribution in [-0.4, -0.2) is 13.9 Å². The topological polar surface area (TPSA) is 9.23 Å². The van der Waals surface area contributed by atoms with E-state index in [-0.39, 0.29) is 0 Å². The molecule has 0 saturated heterocycles. The molecule has 0 aliphatic heterocycles. The maximum Gasteiger partial charge on any atom is 0.192 e. The fourth-order valence-corrected chi connectivity index (χ4v) is 9.30. The average molecular weight is 319 g/mol. The second-order valence-corrected chi connectivity index (χ2v) is 15.9. The van der Waals surface area contributed by atoms with E-state index in [1.807, 2.05) is 0 Å². The summed E-state index contributed by atoms with van der Waals surface area (Å²) in [4.78, 5) is 0. The van der Waals surface area contributed by atoms with Crippen molar-refractivity contribution < 1.29 is 4.43 Å². The van der Waals surface area contributed by atoms with Crippen molar-refractivity contribution in [3.63, 3.8) is 0 Å². The largest absolute Gasteiger partial charge is 0.411 e. The number of hydrogen-bond acceptors (Lipinski definition) is 1. The molecular formula is C20H34OSi. The molecule has 0 radical (unpaired) electrons. The summed E-state index contributed by atoms with van der Waals surface area (Å²) in [5.74, 6) is 7.59. The van der Waals surface area contributed by atoms with Gasteiger partial charge in [-0.2, -0.15) is 0 Å². The predicted octanol–water partition coefficient (Wildman–Crippen LogP) is 5.47. The third-order valence-electron chi connectivity index (χ3n) is 9.22. The van der Waals surface area contributed by atoms with Gasteiger partial charge in [-0.25, -0.2) is 0 Å². The molecule has 7 rings (SSSR count). The molecule has 7 aliphatic carbocycles. The lowest BCUT2D eigenvalue weighted by atomic mass is 9.35. The van der Waals surface area contributed by atoms with Gasteiger partial charge in [0, 0.05) is 0 Å². The molecule has 0 heterocycles. The van der Waals surface area contributed by atoms with E-state index in [4.69, 9.17) is 4.43 Å². The molecule has 0 amide bonds. The lowest BCUT2D eigenvalue weighted by molar-refractivity contribution is -0.250. The molecule has 2 heteroatoms. The number of rotatable bonds is 2. The quantitative estimate of drug-likeness (QED) is 0.613. The molecule has 7 aliphatic rings. The standard InChI is InChI=1S/C20H34OSi/c1-19(2,3)22(4,5)21-20-9-16-13-6-12-7-14(16)18(11-20)15(8-12)17(13)10-20/h12-18H,6-11H2,1-5H3. The van der Waals surface area contributed by atoms with Crippen LogP contribution in [0.1, 0.15) is 59.3 Å². The number of hydrogen-bond donors (Lipinski definition) is 0. The summed E-state index contributed by atoms with van der Waals surface area (Å²) in [6.45, 7) is 12.2.